The van der Waals surface area contributed by atoms with Crippen LogP contribution in [-0.4, -0.2) is 43.1 Å². The maximum absolute atomic E-state index is 12.0. The highest BCUT2D eigenvalue weighted by Gasteiger charge is 2.41. The Morgan fingerprint density at radius 2 is 2.35 bits per heavy atom. The standard InChI is InChI=1S/C16H22N2O2/c1-20-13-6-2-4-12(10-13)5-3-9-18-15-7-8-17-14(15)11-16(18)19/h2,4,6,10,14-15,17H,3,5,7-9,11H2,1H3/t14-,15-/m1/s1. The molecule has 2 heterocycles. The van der Waals surface area contributed by atoms with Crippen LogP contribution in [0.5, 0.6) is 5.75 Å². The maximum Gasteiger partial charge on any atom is 0.224 e. The highest BCUT2D eigenvalue weighted by molar-refractivity contribution is 5.80. The number of methoxy groups -OCH3 is 1. The number of carbonyl (C=O) groups excluding carboxylic acids is 1. The second-order valence-electron chi connectivity index (χ2n) is 5.66. The Balaban J connectivity index is 1.53. The van der Waals surface area contributed by atoms with Gasteiger partial charge in [-0.1, -0.05) is 12.1 Å². The molecule has 4 nitrogen and oxygen atoms in total. The van der Waals surface area contributed by atoms with Crippen molar-refractivity contribution in [3.63, 3.8) is 0 Å². The number of benzene rings is 1. The van der Waals surface area contributed by atoms with Crippen molar-refractivity contribution in [2.75, 3.05) is 20.2 Å². The molecule has 0 unspecified atom stereocenters. The lowest BCUT2D eigenvalue weighted by molar-refractivity contribution is -0.129. The van der Waals surface area contributed by atoms with Crippen LogP contribution in [0, 0.1) is 0 Å². The molecule has 1 amide bonds. The van der Waals surface area contributed by atoms with Gasteiger partial charge < -0.3 is 15.0 Å². The molecule has 0 radical (unpaired) electrons. The molecule has 2 fully saturated rings. The first-order chi connectivity index (χ1) is 9.78. The second kappa shape index (κ2) is 5.83. The molecule has 2 aliphatic heterocycles. The SMILES string of the molecule is COc1cccc(CCCN2C(=O)C[C@H]3NCC[C@H]32)c1. The lowest BCUT2D eigenvalue weighted by Crippen LogP contribution is -2.36. The van der Waals surface area contributed by atoms with E-state index in [0.717, 1.165) is 38.1 Å². The van der Waals surface area contributed by atoms with Crippen LogP contribution in [0.3, 0.4) is 0 Å². The van der Waals surface area contributed by atoms with Gasteiger partial charge in [-0.05, 0) is 43.5 Å². The van der Waals surface area contributed by atoms with E-state index in [-0.39, 0.29) is 0 Å². The molecule has 2 atom stereocenters. The number of hydrogen-bond donors (Lipinski definition) is 1. The minimum atomic E-state index is 0.317. The quantitative estimate of drug-likeness (QED) is 0.886. The number of aryl methyl sites for hydroxylation is 1. The topological polar surface area (TPSA) is 41.6 Å². The Morgan fingerprint density at radius 1 is 1.45 bits per heavy atom. The summed E-state index contributed by atoms with van der Waals surface area (Å²) in [6, 6.07) is 9.01. The van der Waals surface area contributed by atoms with E-state index in [1.54, 1.807) is 7.11 Å². The van der Waals surface area contributed by atoms with Gasteiger partial charge in [0.2, 0.25) is 5.91 Å². The Hall–Kier alpha value is -1.55. The van der Waals surface area contributed by atoms with E-state index < -0.39 is 0 Å². The fourth-order valence-corrected chi connectivity index (χ4v) is 3.40. The predicted octanol–water partition coefficient (Wildman–Crippen LogP) is 1.59. The molecule has 1 aromatic rings. The summed E-state index contributed by atoms with van der Waals surface area (Å²) < 4.78 is 5.24. The summed E-state index contributed by atoms with van der Waals surface area (Å²) in [5.74, 6) is 1.22. The normalized spacial score (nSPS) is 25.1. The fraction of sp³-hybridized carbons (Fsp3) is 0.562. The number of likely N-dealkylation sites (tertiary alicyclic amines) is 1. The van der Waals surface area contributed by atoms with Gasteiger partial charge in [0.15, 0.2) is 0 Å². The molecule has 0 bridgehead atoms. The average molecular weight is 274 g/mol. The van der Waals surface area contributed by atoms with Gasteiger partial charge in [0.25, 0.3) is 0 Å². The van der Waals surface area contributed by atoms with E-state index in [9.17, 15) is 4.79 Å². The van der Waals surface area contributed by atoms with E-state index in [2.05, 4.69) is 22.3 Å². The fourth-order valence-electron chi connectivity index (χ4n) is 3.40. The number of fused-ring (bicyclic) bond motifs is 1. The Labute approximate surface area is 120 Å². The van der Waals surface area contributed by atoms with Crippen LogP contribution in [0.25, 0.3) is 0 Å². The molecule has 3 rings (SSSR count). The van der Waals surface area contributed by atoms with Crippen LogP contribution >= 0.6 is 0 Å². The third-order valence-electron chi connectivity index (χ3n) is 4.42. The molecule has 2 aliphatic rings. The summed E-state index contributed by atoms with van der Waals surface area (Å²) in [6.45, 7) is 1.92. The van der Waals surface area contributed by atoms with E-state index >= 15 is 0 Å². The smallest absolute Gasteiger partial charge is 0.224 e. The van der Waals surface area contributed by atoms with Gasteiger partial charge in [-0.15, -0.1) is 0 Å². The van der Waals surface area contributed by atoms with Crippen molar-refractivity contribution >= 4 is 5.91 Å². The van der Waals surface area contributed by atoms with Gasteiger partial charge >= 0.3 is 0 Å². The number of carbonyl (C=O) groups is 1. The van der Waals surface area contributed by atoms with Gasteiger partial charge in [-0.2, -0.15) is 0 Å². The van der Waals surface area contributed by atoms with Crippen molar-refractivity contribution in [1.82, 2.24) is 10.2 Å². The zero-order valence-corrected chi connectivity index (χ0v) is 12.0. The lowest BCUT2D eigenvalue weighted by atomic mass is 10.1. The van der Waals surface area contributed by atoms with Crippen molar-refractivity contribution < 1.29 is 9.53 Å². The van der Waals surface area contributed by atoms with E-state index in [0.29, 0.717) is 24.4 Å². The van der Waals surface area contributed by atoms with Crippen molar-refractivity contribution in [2.45, 2.75) is 37.8 Å². The minimum absolute atomic E-state index is 0.317. The summed E-state index contributed by atoms with van der Waals surface area (Å²) in [7, 11) is 1.69. The zero-order valence-electron chi connectivity index (χ0n) is 12.0. The highest BCUT2D eigenvalue weighted by Crippen LogP contribution is 2.26. The van der Waals surface area contributed by atoms with Crippen molar-refractivity contribution in [3.05, 3.63) is 29.8 Å². The van der Waals surface area contributed by atoms with Gasteiger partial charge in [0.1, 0.15) is 5.75 Å². The molecule has 108 valence electrons. The highest BCUT2D eigenvalue weighted by atomic mass is 16.5. The van der Waals surface area contributed by atoms with Crippen molar-refractivity contribution in [1.29, 1.82) is 0 Å². The monoisotopic (exact) mass is 274 g/mol. The molecular weight excluding hydrogens is 252 g/mol. The van der Waals surface area contributed by atoms with Crippen molar-refractivity contribution in [3.8, 4) is 5.75 Å². The Bertz CT molecular complexity index is 489. The molecule has 20 heavy (non-hydrogen) atoms. The molecule has 0 saturated carbocycles. The van der Waals surface area contributed by atoms with Crippen LogP contribution in [-0.2, 0) is 11.2 Å². The molecule has 2 saturated heterocycles. The number of nitrogens with one attached hydrogen (secondary N) is 1. The molecule has 0 aliphatic carbocycles. The first-order valence-corrected chi connectivity index (χ1v) is 7.44. The molecular formula is C16H22N2O2. The summed E-state index contributed by atoms with van der Waals surface area (Å²) in [5.41, 5.74) is 1.28. The first-order valence-electron chi connectivity index (χ1n) is 7.44. The predicted molar refractivity (Wildman–Crippen MR) is 77.8 cm³/mol. The molecule has 1 aromatic carbocycles. The summed E-state index contributed by atoms with van der Waals surface area (Å²) in [5, 5.41) is 3.42. The number of amides is 1. The number of ether oxygens (including phenoxy) is 1. The van der Waals surface area contributed by atoms with Gasteiger partial charge in [0, 0.05) is 25.0 Å². The Kier molecular flexibility index (Phi) is 3.92. The summed E-state index contributed by atoms with van der Waals surface area (Å²) in [6.07, 6.45) is 3.80. The second-order valence-corrected chi connectivity index (χ2v) is 5.66. The molecule has 4 heteroatoms. The maximum atomic E-state index is 12.0. The minimum Gasteiger partial charge on any atom is -0.497 e. The lowest BCUT2D eigenvalue weighted by Gasteiger charge is -2.23. The number of nitrogens with zero attached hydrogens (tertiary/aromatic N) is 1. The van der Waals surface area contributed by atoms with Crippen LogP contribution in [0.15, 0.2) is 24.3 Å². The largest absolute Gasteiger partial charge is 0.497 e. The summed E-state index contributed by atoms with van der Waals surface area (Å²) in [4.78, 5) is 14.1. The van der Waals surface area contributed by atoms with Crippen LogP contribution < -0.4 is 10.1 Å². The Morgan fingerprint density at radius 3 is 3.20 bits per heavy atom. The zero-order chi connectivity index (χ0) is 13.9. The summed E-state index contributed by atoms with van der Waals surface area (Å²) >= 11 is 0. The van der Waals surface area contributed by atoms with Crippen LogP contribution in [0.2, 0.25) is 0 Å². The average Bonchev–Trinajstić information content (AvgIpc) is 3.01. The van der Waals surface area contributed by atoms with Gasteiger partial charge in [-0.3, -0.25) is 4.79 Å². The van der Waals surface area contributed by atoms with E-state index in [1.807, 2.05) is 12.1 Å². The molecule has 1 N–H and O–H groups in total. The first kappa shape index (κ1) is 13.4. The van der Waals surface area contributed by atoms with E-state index in [4.69, 9.17) is 4.74 Å². The van der Waals surface area contributed by atoms with Gasteiger partial charge in [0.05, 0.1) is 7.11 Å². The third-order valence-corrected chi connectivity index (χ3v) is 4.42. The van der Waals surface area contributed by atoms with Crippen LogP contribution in [0.4, 0.5) is 0 Å². The number of rotatable bonds is 5. The number of hydrogen-bond acceptors (Lipinski definition) is 3. The third kappa shape index (κ3) is 2.66. The molecule has 0 aromatic heterocycles. The molecule has 0 spiro atoms. The van der Waals surface area contributed by atoms with Gasteiger partial charge in [-0.25, -0.2) is 0 Å². The van der Waals surface area contributed by atoms with Crippen LogP contribution in [0.1, 0.15) is 24.8 Å². The van der Waals surface area contributed by atoms with Crippen molar-refractivity contribution in [2.24, 2.45) is 0 Å². The van der Waals surface area contributed by atoms with E-state index in [1.165, 1.54) is 5.56 Å².